The summed E-state index contributed by atoms with van der Waals surface area (Å²) in [7, 11) is 1.71. The minimum absolute atomic E-state index is 0.193. The minimum Gasteiger partial charge on any atom is -0.444 e. The van der Waals surface area contributed by atoms with Gasteiger partial charge in [-0.1, -0.05) is 24.6 Å². The van der Waals surface area contributed by atoms with Crippen molar-refractivity contribution in [2.45, 2.75) is 39.8 Å². The molecule has 1 unspecified atom stereocenters. The maximum absolute atomic E-state index is 13.7. The number of nitrogens with one attached hydrogen (secondary N) is 1. The monoisotopic (exact) mass is 344 g/mol. The van der Waals surface area contributed by atoms with Gasteiger partial charge in [-0.05, 0) is 45.4 Å². The van der Waals surface area contributed by atoms with Crippen LogP contribution in [-0.2, 0) is 11.3 Å². The Morgan fingerprint density at radius 2 is 2.09 bits per heavy atom. The SMILES string of the molecule is CC(CNCc1c(F)cccc1Cl)CN(C)C(=O)OC(C)(C)C. The lowest BCUT2D eigenvalue weighted by Gasteiger charge is -2.26. The molecule has 0 spiro atoms. The molecule has 4 nitrogen and oxygen atoms in total. The molecule has 1 aromatic rings. The Morgan fingerprint density at radius 3 is 2.65 bits per heavy atom. The zero-order valence-electron chi connectivity index (χ0n) is 14.5. The van der Waals surface area contributed by atoms with Crippen LogP contribution in [-0.4, -0.2) is 36.7 Å². The molecule has 0 fully saturated rings. The van der Waals surface area contributed by atoms with Crippen LogP contribution in [0.3, 0.4) is 0 Å². The third-order valence-electron chi connectivity index (χ3n) is 3.15. The third kappa shape index (κ3) is 7.18. The summed E-state index contributed by atoms with van der Waals surface area (Å²) < 4.78 is 19.0. The number of amides is 1. The molecule has 1 N–H and O–H groups in total. The van der Waals surface area contributed by atoms with E-state index in [2.05, 4.69) is 5.32 Å². The molecule has 0 aliphatic carbocycles. The number of rotatable bonds is 6. The normalized spacial score (nSPS) is 12.8. The fourth-order valence-corrected chi connectivity index (χ4v) is 2.32. The van der Waals surface area contributed by atoms with Gasteiger partial charge in [-0.2, -0.15) is 0 Å². The Morgan fingerprint density at radius 1 is 1.43 bits per heavy atom. The maximum atomic E-state index is 13.7. The molecular formula is C17H26ClFN2O2. The van der Waals surface area contributed by atoms with Crippen molar-refractivity contribution in [3.8, 4) is 0 Å². The minimum atomic E-state index is -0.506. The summed E-state index contributed by atoms with van der Waals surface area (Å²) >= 11 is 5.98. The number of halogens is 2. The first-order chi connectivity index (χ1) is 10.6. The van der Waals surface area contributed by atoms with Gasteiger partial charge in [0.1, 0.15) is 11.4 Å². The van der Waals surface area contributed by atoms with Crippen LogP contribution in [0.15, 0.2) is 18.2 Å². The van der Waals surface area contributed by atoms with E-state index < -0.39 is 5.60 Å². The van der Waals surface area contributed by atoms with Crippen molar-refractivity contribution in [1.29, 1.82) is 0 Å². The Bertz CT molecular complexity index is 512. The van der Waals surface area contributed by atoms with Gasteiger partial charge in [-0.3, -0.25) is 0 Å². The van der Waals surface area contributed by atoms with Crippen molar-refractivity contribution in [3.05, 3.63) is 34.6 Å². The van der Waals surface area contributed by atoms with E-state index in [1.165, 1.54) is 6.07 Å². The summed E-state index contributed by atoms with van der Waals surface area (Å²) in [6, 6.07) is 4.64. The number of hydrogen-bond acceptors (Lipinski definition) is 3. The first-order valence-corrected chi connectivity index (χ1v) is 8.05. The second-order valence-electron chi connectivity index (χ2n) is 6.80. The summed E-state index contributed by atoms with van der Waals surface area (Å²) in [5.41, 5.74) is -0.0455. The molecule has 0 heterocycles. The average Bonchev–Trinajstić information content (AvgIpc) is 2.40. The van der Waals surface area contributed by atoms with Gasteiger partial charge in [0.05, 0.1) is 0 Å². The van der Waals surface area contributed by atoms with Gasteiger partial charge in [0.2, 0.25) is 0 Å². The van der Waals surface area contributed by atoms with E-state index in [1.54, 1.807) is 24.1 Å². The Balaban J connectivity index is 2.40. The molecule has 130 valence electrons. The van der Waals surface area contributed by atoms with Crippen LogP contribution in [0.5, 0.6) is 0 Å². The zero-order chi connectivity index (χ0) is 17.6. The van der Waals surface area contributed by atoms with Crippen LogP contribution in [0, 0.1) is 11.7 Å². The van der Waals surface area contributed by atoms with E-state index in [-0.39, 0.29) is 17.8 Å². The number of carbonyl (C=O) groups excluding carboxylic acids is 1. The van der Waals surface area contributed by atoms with Gasteiger partial charge < -0.3 is 15.0 Å². The van der Waals surface area contributed by atoms with E-state index >= 15 is 0 Å². The van der Waals surface area contributed by atoms with Gasteiger partial charge in [0, 0.05) is 30.7 Å². The van der Waals surface area contributed by atoms with Gasteiger partial charge in [-0.15, -0.1) is 0 Å². The maximum Gasteiger partial charge on any atom is 0.410 e. The lowest BCUT2D eigenvalue weighted by Crippen LogP contribution is -2.38. The van der Waals surface area contributed by atoms with Crippen molar-refractivity contribution in [2.75, 3.05) is 20.1 Å². The molecule has 0 saturated carbocycles. The number of benzene rings is 1. The fraction of sp³-hybridized carbons (Fsp3) is 0.588. The summed E-state index contributed by atoms with van der Waals surface area (Å²) in [6.45, 7) is 9.05. The van der Waals surface area contributed by atoms with Crippen LogP contribution < -0.4 is 5.32 Å². The second-order valence-corrected chi connectivity index (χ2v) is 7.20. The van der Waals surface area contributed by atoms with Crippen molar-refractivity contribution in [3.63, 3.8) is 0 Å². The van der Waals surface area contributed by atoms with E-state index in [9.17, 15) is 9.18 Å². The van der Waals surface area contributed by atoms with Crippen LogP contribution in [0.4, 0.5) is 9.18 Å². The first kappa shape index (κ1) is 19.7. The van der Waals surface area contributed by atoms with E-state index in [4.69, 9.17) is 16.3 Å². The predicted octanol–water partition coefficient (Wildman–Crippen LogP) is 4.07. The lowest BCUT2D eigenvalue weighted by atomic mass is 10.1. The first-order valence-electron chi connectivity index (χ1n) is 7.68. The summed E-state index contributed by atoms with van der Waals surface area (Å²) in [6.07, 6.45) is -0.346. The highest BCUT2D eigenvalue weighted by molar-refractivity contribution is 6.31. The summed E-state index contributed by atoms with van der Waals surface area (Å²) in [5, 5.41) is 3.59. The molecule has 0 aromatic heterocycles. The van der Waals surface area contributed by atoms with E-state index in [1.807, 2.05) is 27.7 Å². The standard InChI is InChI=1S/C17H26ClFN2O2/c1-12(11-21(5)16(22)23-17(2,3)4)9-20-10-13-14(18)7-6-8-15(13)19/h6-8,12,20H,9-11H2,1-5H3. The highest BCUT2D eigenvalue weighted by Gasteiger charge is 2.20. The molecule has 0 aliphatic rings. The van der Waals surface area contributed by atoms with Crippen LogP contribution in [0.1, 0.15) is 33.3 Å². The molecule has 1 atom stereocenters. The number of hydrogen-bond donors (Lipinski definition) is 1. The zero-order valence-corrected chi connectivity index (χ0v) is 15.2. The van der Waals surface area contributed by atoms with Gasteiger partial charge >= 0.3 is 6.09 Å². The molecule has 0 bridgehead atoms. The number of nitrogens with zero attached hydrogens (tertiary/aromatic N) is 1. The van der Waals surface area contributed by atoms with Crippen molar-refractivity contribution < 1.29 is 13.9 Å². The topological polar surface area (TPSA) is 41.6 Å². The Hall–Kier alpha value is -1.33. The van der Waals surface area contributed by atoms with Gasteiger partial charge in [-0.25, -0.2) is 9.18 Å². The molecule has 0 radical (unpaired) electrons. The molecule has 0 saturated heterocycles. The smallest absolute Gasteiger partial charge is 0.410 e. The average molecular weight is 345 g/mol. The Kier molecular flexibility index (Phi) is 7.29. The molecule has 1 aromatic carbocycles. The van der Waals surface area contributed by atoms with Gasteiger partial charge in [0.25, 0.3) is 0 Å². The predicted molar refractivity (Wildman–Crippen MR) is 91.1 cm³/mol. The van der Waals surface area contributed by atoms with Crippen LogP contribution in [0.2, 0.25) is 5.02 Å². The van der Waals surface area contributed by atoms with Crippen LogP contribution >= 0.6 is 11.6 Å². The molecule has 1 rings (SSSR count). The molecule has 6 heteroatoms. The van der Waals surface area contributed by atoms with Crippen molar-refractivity contribution in [2.24, 2.45) is 5.92 Å². The quantitative estimate of drug-likeness (QED) is 0.845. The lowest BCUT2D eigenvalue weighted by molar-refractivity contribution is 0.0277. The second kappa shape index (κ2) is 8.50. The highest BCUT2D eigenvalue weighted by Crippen LogP contribution is 2.18. The fourth-order valence-electron chi connectivity index (χ4n) is 2.09. The van der Waals surface area contributed by atoms with E-state index in [0.29, 0.717) is 30.2 Å². The number of ether oxygens (including phenoxy) is 1. The Labute approximate surface area is 142 Å². The molecule has 23 heavy (non-hydrogen) atoms. The van der Waals surface area contributed by atoms with Crippen LogP contribution in [0.25, 0.3) is 0 Å². The summed E-state index contributed by atoms with van der Waals surface area (Å²) in [4.78, 5) is 13.4. The highest BCUT2D eigenvalue weighted by atomic mass is 35.5. The van der Waals surface area contributed by atoms with Crippen molar-refractivity contribution >= 4 is 17.7 Å². The number of carbonyl (C=O) groups is 1. The molecular weight excluding hydrogens is 319 g/mol. The van der Waals surface area contributed by atoms with Gasteiger partial charge in [0.15, 0.2) is 0 Å². The third-order valence-corrected chi connectivity index (χ3v) is 3.50. The molecule has 1 amide bonds. The molecule has 0 aliphatic heterocycles. The summed E-state index contributed by atoms with van der Waals surface area (Å²) in [5.74, 6) is -0.124. The largest absolute Gasteiger partial charge is 0.444 e. The van der Waals surface area contributed by atoms with Crippen molar-refractivity contribution in [1.82, 2.24) is 10.2 Å². The van der Waals surface area contributed by atoms with E-state index in [0.717, 1.165) is 0 Å².